The van der Waals surface area contributed by atoms with Gasteiger partial charge < -0.3 is 14.6 Å². The van der Waals surface area contributed by atoms with Gasteiger partial charge in [0.2, 0.25) is 0 Å². The predicted octanol–water partition coefficient (Wildman–Crippen LogP) is 4.01. The number of benzene rings is 2. The molecule has 0 fully saturated rings. The van der Waals surface area contributed by atoms with Gasteiger partial charge in [-0.05, 0) is 24.3 Å². The molecule has 0 spiro atoms. The maximum atomic E-state index is 10.3. The van der Waals surface area contributed by atoms with Crippen LogP contribution in [0.5, 0.6) is 11.5 Å². The van der Waals surface area contributed by atoms with Crippen molar-refractivity contribution < 1.29 is 14.6 Å². The van der Waals surface area contributed by atoms with Crippen LogP contribution in [0.25, 0.3) is 0 Å². The first-order chi connectivity index (χ1) is 9.69. The van der Waals surface area contributed by atoms with Gasteiger partial charge in [0.1, 0.15) is 17.6 Å². The highest BCUT2D eigenvalue weighted by molar-refractivity contribution is 9.10. The quantitative estimate of drug-likeness (QED) is 0.901. The molecule has 0 bridgehead atoms. The molecule has 2 atom stereocenters. The van der Waals surface area contributed by atoms with Gasteiger partial charge in [-0.25, -0.2) is 0 Å². The molecule has 0 amide bonds. The summed E-state index contributed by atoms with van der Waals surface area (Å²) >= 11 is 3.47. The fourth-order valence-electron chi connectivity index (χ4n) is 2.54. The summed E-state index contributed by atoms with van der Waals surface area (Å²) in [5.41, 5.74) is 1.79. The highest BCUT2D eigenvalue weighted by atomic mass is 79.9. The van der Waals surface area contributed by atoms with E-state index in [1.165, 1.54) is 0 Å². The first-order valence-corrected chi connectivity index (χ1v) is 7.25. The SMILES string of the molecule is COc1ccc(Br)cc1C1C[C@@H](O)c2ccccc2O1. The van der Waals surface area contributed by atoms with Crippen molar-refractivity contribution in [1.82, 2.24) is 0 Å². The summed E-state index contributed by atoms with van der Waals surface area (Å²) in [6.07, 6.45) is -0.218. The number of fused-ring (bicyclic) bond motifs is 1. The predicted molar refractivity (Wildman–Crippen MR) is 80.1 cm³/mol. The Morgan fingerprint density at radius 2 is 2.00 bits per heavy atom. The van der Waals surface area contributed by atoms with Crippen LogP contribution in [0.4, 0.5) is 0 Å². The zero-order valence-corrected chi connectivity index (χ0v) is 12.6. The van der Waals surface area contributed by atoms with E-state index in [1.54, 1.807) is 7.11 Å². The molecule has 1 aliphatic heterocycles. The molecular formula is C16H15BrO3. The second-order valence-corrected chi connectivity index (χ2v) is 5.70. The lowest BCUT2D eigenvalue weighted by molar-refractivity contribution is 0.0645. The largest absolute Gasteiger partial charge is 0.496 e. The second kappa shape index (κ2) is 5.46. The molecular weight excluding hydrogens is 320 g/mol. The molecule has 104 valence electrons. The number of hydrogen-bond acceptors (Lipinski definition) is 3. The minimum atomic E-state index is -0.520. The van der Waals surface area contributed by atoms with Gasteiger partial charge in [0.15, 0.2) is 0 Å². The van der Waals surface area contributed by atoms with Gasteiger partial charge >= 0.3 is 0 Å². The summed E-state index contributed by atoms with van der Waals surface area (Å²) in [4.78, 5) is 0. The molecule has 2 aromatic rings. The van der Waals surface area contributed by atoms with Gasteiger partial charge in [-0.3, -0.25) is 0 Å². The third kappa shape index (κ3) is 2.41. The standard InChI is InChI=1S/C16H15BrO3/c1-19-14-7-6-10(17)8-12(14)16-9-13(18)11-4-2-3-5-15(11)20-16/h2-8,13,16,18H,9H2,1H3/t13-,16?/m1/s1. The van der Waals surface area contributed by atoms with Gasteiger partial charge in [0.25, 0.3) is 0 Å². The Balaban J connectivity index is 1.99. The lowest BCUT2D eigenvalue weighted by atomic mass is 9.94. The lowest BCUT2D eigenvalue weighted by Crippen LogP contribution is -2.19. The second-order valence-electron chi connectivity index (χ2n) is 4.78. The zero-order chi connectivity index (χ0) is 14.1. The lowest BCUT2D eigenvalue weighted by Gasteiger charge is -2.30. The summed E-state index contributed by atoms with van der Waals surface area (Å²) in [7, 11) is 1.64. The van der Waals surface area contributed by atoms with Crippen LogP contribution in [0, 0.1) is 0 Å². The van der Waals surface area contributed by atoms with Gasteiger partial charge in [0, 0.05) is 22.0 Å². The molecule has 0 saturated carbocycles. The average Bonchev–Trinajstić information content (AvgIpc) is 2.47. The summed E-state index contributed by atoms with van der Waals surface area (Å²) in [6.45, 7) is 0. The summed E-state index contributed by atoms with van der Waals surface area (Å²) in [5, 5.41) is 10.3. The van der Waals surface area contributed by atoms with E-state index in [9.17, 15) is 5.11 Å². The molecule has 1 aliphatic rings. The maximum absolute atomic E-state index is 10.3. The van der Waals surface area contributed by atoms with Crippen LogP contribution in [-0.2, 0) is 0 Å². The van der Waals surface area contributed by atoms with Crippen molar-refractivity contribution >= 4 is 15.9 Å². The Hall–Kier alpha value is -1.52. The van der Waals surface area contributed by atoms with Crippen LogP contribution in [0.3, 0.4) is 0 Å². The molecule has 2 aromatic carbocycles. The van der Waals surface area contributed by atoms with E-state index >= 15 is 0 Å². The molecule has 0 aromatic heterocycles. The van der Waals surface area contributed by atoms with Crippen LogP contribution < -0.4 is 9.47 Å². The van der Waals surface area contributed by atoms with Crippen molar-refractivity contribution in [2.75, 3.05) is 7.11 Å². The normalized spacial score (nSPS) is 20.9. The Morgan fingerprint density at radius 3 is 2.80 bits per heavy atom. The summed E-state index contributed by atoms with van der Waals surface area (Å²) < 4.78 is 12.4. The Labute approximate surface area is 126 Å². The van der Waals surface area contributed by atoms with Crippen molar-refractivity contribution in [1.29, 1.82) is 0 Å². The van der Waals surface area contributed by atoms with Gasteiger partial charge in [0.05, 0.1) is 13.2 Å². The number of rotatable bonds is 2. The Morgan fingerprint density at radius 1 is 1.20 bits per heavy atom. The van der Waals surface area contributed by atoms with E-state index < -0.39 is 6.10 Å². The number of aliphatic hydroxyl groups excluding tert-OH is 1. The molecule has 0 saturated heterocycles. The van der Waals surface area contributed by atoms with E-state index in [1.807, 2.05) is 42.5 Å². The van der Waals surface area contributed by atoms with E-state index in [2.05, 4.69) is 15.9 Å². The Bertz CT molecular complexity index is 627. The highest BCUT2D eigenvalue weighted by Gasteiger charge is 2.29. The minimum Gasteiger partial charge on any atom is -0.496 e. The number of para-hydroxylation sites is 1. The number of hydrogen-bond donors (Lipinski definition) is 1. The van der Waals surface area contributed by atoms with Crippen molar-refractivity contribution in [2.24, 2.45) is 0 Å². The topological polar surface area (TPSA) is 38.7 Å². The van der Waals surface area contributed by atoms with Crippen molar-refractivity contribution in [2.45, 2.75) is 18.6 Å². The maximum Gasteiger partial charge on any atom is 0.130 e. The van der Waals surface area contributed by atoms with Crippen LogP contribution >= 0.6 is 15.9 Å². The number of aliphatic hydroxyl groups is 1. The van der Waals surface area contributed by atoms with Crippen molar-refractivity contribution in [3.8, 4) is 11.5 Å². The van der Waals surface area contributed by atoms with Crippen LogP contribution in [0.2, 0.25) is 0 Å². The first-order valence-electron chi connectivity index (χ1n) is 6.46. The van der Waals surface area contributed by atoms with Gasteiger partial charge in [-0.2, -0.15) is 0 Å². The summed E-state index contributed by atoms with van der Waals surface area (Å²) in [5.74, 6) is 1.50. The molecule has 0 aliphatic carbocycles. The van der Waals surface area contributed by atoms with Crippen LogP contribution in [-0.4, -0.2) is 12.2 Å². The molecule has 4 heteroatoms. The van der Waals surface area contributed by atoms with Crippen LogP contribution in [0.1, 0.15) is 29.8 Å². The van der Waals surface area contributed by atoms with Crippen molar-refractivity contribution in [3.63, 3.8) is 0 Å². The summed E-state index contributed by atoms with van der Waals surface area (Å²) in [6, 6.07) is 13.4. The number of methoxy groups -OCH3 is 1. The van der Waals surface area contributed by atoms with Gasteiger partial charge in [-0.15, -0.1) is 0 Å². The molecule has 3 nitrogen and oxygen atoms in total. The number of halogens is 1. The number of ether oxygens (including phenoxy) is 2. The first kappa shape index (κ1) is 13.5. The third-order valence-electron chi connectivity index (χ3n) is 3.52. The fourth-order valence-corrected chi connectivity index (χ4v) is 2.92. The average molecular weight is 335 g/mol. The van der Waals surface area contributed by atoms with E-state index in [0.717, 1.165) is 27.1 Å². The fraction of sp³-hybridized carbons (Fsp3) is 0.250. The molecule has 1 unspecified atom stereocenters. The highest BCUT2D eigenvalue weighted by Crippen LogP contribution is 2.43. The van der Waals surface area contributed by atoms with E-state index in [-0.39, 0.29) is 6.10 Å². The van der Waals surface area contributed by atoms with E-state index in [4.69, 9.17) is 9.47 Å². The minimum absolute atomic E-state index is 0.215. The molecule has 0 radical (unpaired) electrons. The smallest absolute Gasteiger partial charge is 0.130 e. The van der Waals surface area contributed by atoms with Crippen LogP contribution in [0.15, 0.2) is 46.9 Å². The van der Waals surface area contributed by atoms with E-state index in [0.29, 0.717) is 6.42 Å². The zero-order valence-electron chi connectivity index (χ0n) is 11.0. The third-order valence-corrected chi connectivity index (χ3v) is 4.02. The van der Waals surface area contributed by atoms with Gasteiger partial charge in [-0.1, -0.05) is 34.1 Å². The van der Waals surface area contributed by atoms with Crippen molar-refractivity contribution in [3.05, 3.63) is 58.1 Å². The monoisotopic (exact) mass is 334 g/mol. The molecule has 20 heavy (non-hydrogen) atoms. The molecule has 1 heterocycles. The molecule has 1 N–H and O–H groups in total. The Kier molecular flexibility index (Phi) is 3.68. The molecule has 3 rings (SSSR count).